The molecule has 1 atom stereocenters. The van der Waals surface area contributed by atoms with Crippen molar-refractivity contribution in [2.45, 2.75) is 393 Å². The molecular formula is C63H130O3Si. The zero-order valence-corrected chi connectivity index (χ0v) is 48.8. The van der Waals surface area contributed by atoms with Crippen LogP contribution in [0.25, 0.3) is 0 Å². The second-order valence-electron chi connectivity index (χ2n) is 22.3. The van der Waals surface area contributed by atoms with E-state index in [0.717, 1.165) is 19.1 Å². The summed E-state index contributed by atoms with van der Waals surface area (Å²) in [6.45, 7) is 12.5. The van der Waals surface area contributed by atoms with Gasteiger partial charge in [-0.1, -0.05) is 349 Å². The van der Waals surface area contributed by atoms with Crippen LogP contribution in [0.4, 0.5) is 0 Å². The normalized spacial score (nSPS) is 13.0. The zero-order valence-electron chi connectivity index (χ0n) is 47.8. The lowest BCUT2D eigenvalue weighted by atomic mass is 9.85. The molecule has 1 unspecified atom stereocenters. The van der Waals surface area contributed by atoms with Crippen molar-refractivity contribution in [2.24, 2.45) is 0 Å². The van der Waals surface area contributed by atoms with Gasteiger partial charge in [0, 0.05) is 19.8 Å². The summed E-state index contributed by atoms with van der Waals surface area (Å²) in [5.74, 6) is 0. The summed E-state index contributed by atoms with van der Waals surface area (Å²) in [6.07, 6.45) is 74.1. The molecule has 0 radical (unpaired) electrons. The second-order valence-corrected chi connectivity index (χ2v) is 25.1. The van der Waals surface area contributed by atoms with Crippen LogP contribution in [0.5, 0.6) is 0 Å². The molecule has 0 aromatic rings. The summed E-state index contributed by atoms with van der Waals surface area (Å²) in [6, 6.07) is 1.01. The third-order valence-corrected chi connectivity index (χ3v) is 18.5. The summed E-state index contributed by atoms with van der Waals surface area (Å²) < 4.78 is 21.9. The zero-order chi connectivity index (χ0) is 48.7. The number of unbranched alkanes of at least 4 members (excludes halogenated alkanes) is 46. The third-order valence-electron chi connectivity index (χ3n) is 15.5. The Kier molecular flexibility index (Phi) is 55.5. The van der Waals surface area contributed by atoms with Crippen molar-refractivity contribution >= 4 is 8.80 Å². The lowest BCUT2D eigenvalue weighted by Crippen LogP contribution is -2.53. The van der Waals surface area contributed by atoms with Crippen LogP contribution < -0.4 is 0 Å². The van der Waals surface area contributed by atoms with Gasteiger partial charge < -0.3 is 13.3 Å². The summed E-state index contributed by atoms with van der Waals surface area (Å²) in [4.78, 5) is 0. The Morgan fingerprint density at radius 1 is 0.254 bits per heavy atom. The summed E-state index contributed by atoms with van der Waals surface area (Å²) >= 11 is 0. The highest BCUT2D eigenvalue weighted by molar-refractivity contribution is 6.60. The monoisotopic (exact) mass is 963 g/mol. The molecule has 0 aliphatic rings. The average molecular weight is 964 g/mol. The molecule has 0 saturated carbocycles. The van der Waals surface area contributed by atoms with Crippen molar-refractivity contribution in [2.75, 3.05) is 13.7 Å². The van der Waals surface area contributed by atoms with E-state index in [4.69, 9.17) is 13.3 Å². The number of hydrogen-bond donors (Lipinski definition) is 0. The van der Waals surface area contributed by atoms with E-state index in [-0.39, 0.29) is 5.60 Å². The van der Waals surface area contributed by atoms with Crippen LogP contribution in [0.1, 0.15) is 381 Å². The van der Waals surface area contributed by atoms with Gasteiger partial charge in [-0.25, -0.2) is 0 Å². The fraction of sp³-hybridized carbons (Fsp3) is 1.00. The van der Waals surface area contributed by atoms with Crippen LogP contribution in [0.2, 0.25) is 6.04 Å². The smallest absolute Gasteiger partial charge is 0.377 e. The molecule has 3 nitrogen and oxygen atoms in total. The first kappa shape index (κ1) is 67.1. The van der Waals surface area contributed by atoms with Gasteiger partial charge in [0.05, 0.1) is 5.60 Å². The molecule has 67 heavy (non-hydrogen) atoms. The Balaban J connectivity index is 6.00. The van der Waals surface area contributed by atoms with Crippen molar-refractivity contribution in [3.63, 3.8) is 0 Å². The van der Waals surface area contributed by atoms with E-state index in [2.05, 4.69) is 34.6 Å². The van der Waals surface area contributed by atoms with Crippen LogP contribution in [-0.4, -0.2) is 28.1 Å². The first-order chi connectivity index (χ1) is 33.1. The number of hydrogen-bond acceptors (Lipinski definition) is 3. The molecule has 0 N–H and O–H groups in total. The van der Waals surface area contributed by atoms with E-state index in [1.54, 1.807) is 0 Å². The van der Waals surface area contributed by atoms with Crippen molar-refractivity contribution < 1.29 is 13.3 Å². The first-order valence-corrected chi connectivity index (χ1v) is 33.9. The number of rotatable bonds is 60. The van der Waals surface area contributed by atoms with E-state index in [1.165, 1.54) is 340 Å². The highest BCUT2D eigenvalue weighted by Gasteiger charge is 2.47. The Labute approximate surface area is 426 Å². The molecule has 0 saturated heterocycles. The van der Waals surface area contributed by atoms with Gasteiger partial charge in [-0.15, -0.1) is 0 Å². The van der Waals surface area contributed by atoms with Gasteiger partial charge in [0.2, 0.25) is 0 Å². The van der Waals surface area contributed by atoms with Gasteiger partial charge in [0.25, 0.3) is 0 Å². The molecule has 0 bridgehead atoms. The molecule has 4 heteroatoms. The van der Waals surface area contributed by atoms with Crippen molar-refractivity contribution in [1.82, 2.24) is 0 Å². The maximum absolute atomic E-state index is 7.90. The molecule has 0 aliphatic carbocycles. The maximum atomic E-state index is 7.90. The molecule has 0 aromatic heterocycles. The maximum Gasteiger partial charge on any atom is 0.501 e. The van der Waals surface area contributed by atoms with Gasteiger partial charge in [0.15, 0.2) is 0 Å². The molecule has 0 aromatic carbocycles. The van der Waals surface area contributed by atoms with E-state index < -0.39 is 8.80 Å². The van der Waals surface area contributed by atoms with Gasteiger partial charge in [-0.3, -0.25) is 0 Å². The van der Waals surface area contributed by atoms with Gasteiger partial charge >= 0.3 is 8.80 Å². The van der Waals surface area contributed by atoms with Crippen LogP contribution in [0.15, 0.2) is 0 Å². The summed E-state index contributed by atoms with van der Waals surface area (Å²) in [7, 11) is -0.903. The van der Waals surface area contributed by atoms with E-state index in [0.29, 0.717) is 0 Å². The Hall–Kier alpha value is 0.0969. The molecule has 0 amide bonds. The highest BCUT2D eigenvalue weighted by atomic mass is 28.4. The average Bonchev–Trinajstić information content (AvgIpc) is 3.34. The minimum absolute atomic E-state index is 0.0989. The molecule has 0 spiro atoms. The molecule has 0 heterocycles. The fourth-order valence-electron chi connectivity index (χ4n) is 10.8. The summed E-state index contributed by atoms with van der Waals surface area (Å²) in [5.41, 5.74) is -0.0989. The minimum Gasteiger partial charge on any atom is -0.377 e. The highest BCUT2D eigenvalue weighted by Crippen LogP contribution is 2.38. The minimum atomic E-state index is -2.88. The van der Waals surface area contributed by atoms with Crippen molar-refractivity contribution in [1.29, 1.82) is 0 Å². The summed E-state index contributed by atoms with van der Waals surface area (Å²) in [5, 5.41) is 0. The molecule has 0 rings (SSSR count). The molecule has 0 fully saturated rings. The van der Waals surface area contributed by atoms with Crippen LogP contribution in [0, 0.1) is 0 Å². The lowest BCUT2D eigenvalue weighted by Gasteiger charge is -2.42. The largest absolute Gasteiger partial charge is 0.501 e. The van der Waals surface area contributed by atoms with Crippen LogP contribution >= 0.6 is 0 Å². The Morgan fingerprint density at radius 3 is 0.701 bits per heavy atom. The van der Waals surface area contributed by atoms with Crippen LogP contribution in [0.3, 0.4) is 0 Å². The first-order valence-electron chi connectivity index (χ1n) is 32.0. The standard InChI is InChI=1S/C63H130O3Si/c1-7-12-17-22-27-32-37-41-46-51-56-61-65-67(64-6,62-57-52-47-42-36-31-26-21-16-11-5)66-63(58-53-48-43-38-33-28-23-18-13-8-2,59-54-49-44-39-34-29-24-19-14-9-3)60-55-50-45-40-35-30-25-20-15-10-4/h7-62H2,1-6H3. The third kappa shape index (κ3) is 46.9. The molecular weight excluding hydrogens is 833 g/mol. The van der Waals surface area contributed by atoms with Crippen molar-refractivity contribution in [3.05, 3.63) is 0 Å². The van der Waals surface area contributed by atoms with Gasteiger partial charge in [-0.2, -0.15) is 0 Å². The Morgan fingerprint density at radius 2 is 0.463 bits per heavy atom. The fourth-order valence-corrected chi connectivity index (χ4v) is 13.7. The van der Waals surface area contributed by atoms with Gasteiger partial charge in [0.1, 0.15) is 0 Å². The predicted molar refractivity (Wildman–Crippen MR) is 305 cm³/mol. The Bertz CT molecular complexity index is 837. The van der Waals surface area contributed by atoms with E-state index in [9.17, 15) is 0 Å². The van der Waals surface area contributed by atoms with Crippen molar-refractivity contribution in [3.8, 4) is 0 Å². The van der Waals surface area contributed by atoms with Crippen LogP contribution in [-0.2, 0) is 13.3 Å². The topological polar surface area (TPSA) is 27.7 Å². The van der Waals surface area contributed by atoms with E-state index in [1.807, 2.05) is 7.11 Å². The molecule has 0 aliphatic heterocycles. The van der Waals surface area contributed by atoms with Gasteiger partial charge in [-0.05, 0) is 32.1 Å². The SMILES string of the molecule is CCCCCCCCCCCCCO[Si](CCCCCCCCCCCC)(OC)OC(CCCCCCCCCCCC)(CCCCCCCCCCCC)CCCCCCCCCCCC. The lowest BCUT2D eigenvalue weighted by molar-refractivity contribution is -0.0457. The second kappa shape index (κ2) is 55.4. The van der Waals surface area contributed by atoms with E-state index >= 15 is 0 Å². The predicted octanol–water partition coefficient (Wildman–Crippen LogP) is 23.5. The molecule has 404 valence electrons. The quantitative estimate of drug-likeness (QED) is 0.0449.